The summed E-state index contributed by atoms with van der Waals surface area (Å²) in [4.78, 5) is 23.1. The normalized spacial score (nSPS) is 12.3. The van der Waals surface area contributed by atoms with Crippen molar-refractivity contribution in [2.45, 2.75) is 19.9 Å². The lowest BCUT2D eigenvalue weighted by atomic mass is 10.1. The third kappa shape index (κ3) is 2.07. The lowest BCUT2D eigenvalue weighted by Crippen LogP contribution is -2.37. The number of hydrogen-bond donors (Lipinski definition) is 2. The van der Waals surface area contributed by atoms with Crippen molar-refractivity contribution >= 4 is 17.2 Å². The van der Waals surface area contributed by atoms with E-state index in [1.54, 1.807) is 35.9 Å². The second kappa shape index (κ2) is 4.52. The second-order valence-electron chi connectivity index (χ2n) is 4.17. The third-order valence-electron chi connectivity index (χ3n) is 2.74. The molecule has 0 aliphatic heterocycles. The Bertz CT molecular complexity index is 616. The molecule has 2 rings (SSSR count). The van der Waals surface area contributed by atoms with Gasteiger partial charge in [0.2, 0.25) is 5.91 Å². The lowest BCUT2D eigenvalue weighted by molar-refractivity contribution is -0.119. The second-order valence-corrected chi connectivity index (χ2v) is 4.17. The van der Waals surface area contributed by atoms with E-state index in [4.69, 9.17) is 0 Å². The summed E-state index contributed by atoms with van der Waals surface area (Å²) in [6, 6.07) is 4.23. The minimum absolute atomic E-state index is 0.0425. The number of Topliss-reactive ketones (excluding diaryl/α,β-unsaturated/α-hetero) is 1. The van der Waals surface area contributed by atoms with E-state index in [1.807, 2.05) is 0 Å². The maximum absolute atomic E-state index is 12.2. The number of amides is 1. The van der Waals surface area contributed by atoms with Gasteiger partial charge in [0.1, 0.15) is 5.75 Å². The fourth-order valence-electron chi connectivity index (χ4n) is 1.95. The minimum Gasteiger partial charge on any atom is -0.506 e. The summed E-state index contributed by atoms with van der Waals surface area (Å²) in [5, 5.41) is 12.3. The molecular weight excluding hydrogens is 232 g/mol. The number of pyridine rings is 1. The van der Waals surface area contributed by atoms with E-state index in [1.165, 1.54) is 13.0 Å². The first-order chi connectivity index (χ1) is 8.50. The summed E-state index contributed by atoms with van der Waals surface area (Å²) in [6.45, 7) is 2.98. The maximum Gasteiger partial charge on any atom is 0.217 e. The molecule has 18 heavy (non-hydrogen) atoms. The van der Waals surface area contributed by atoms with Crippen molar-refractivity contribution in [2.75, 3.05) is 0 Å². The smallest absolute Gasteiger partial charge is 0.217 e. The number of hydrogen-bond acceptors (Lipinski definition) is 3. The van der Waals surface area contributed by atoms with Gasteiger partial charge in [-0.05, 0) is 25.1 Å². The lowest BCUT2D eigenvalue weighted by Gasteiger charge is -2.10. The van der Waals surface area contributed by atoms with Gasteiger partial charge in [-0.15, -0.1) is 0 Å². The maximum atomic E-state index is 12.2. The molecule has 0 bridgehead atoms. The van der Waals surface area contributed by atoms with E-state index in [0.29, 0.717) is 11.1 Å². The average molecular weight is 246 g/mol. The molecule has 0 saturated carbocycles. The van der Waals surface area contributed by atoms with Gasteiger partial charge in [-0.1, -0.05) is 0 Å². The Kier molecular flexibility index (Phi) is 3.06. The topological polar surface area (TPSA) is 70.8 Å². The Morgan fingerprint density at radius 1 is 1.33 bits per heavy atom. The van der Waals surface area contributed by atoms with E-state index in [0.717, 1.165) is 0 Å². The standard InChI is InChI=1S/C13H14N2O3/c1-8(14-9(2)16)13(18)10-5-7-15-6-3-4-11(17)12(10)15/h3-8,17H,1-2H3,(H,14,16). The van der Waals surface area contributed by atoms with Crippen LogP contribution in [0.5, 0.6) is 5.75 Å². The zero-order chi connectivity index (χ0) is 13.3. The molecule has 2 heterocycles. The molecule has 0 aliphatic carbocycles. The molecule has 1 amide bonds. The predicted octanol–water partition coefficient (Wildman–Crippen LogP) is 1.35. The monoisotopic (exact) mass is 246 g/mol. The molecule has 5 heteroatoms. The van der Waals surface area contributed by atoms with Crippen molar-refractivity contribution in [1.29, 1.82) is 0 Å². The van der Waals surface area contributed by atoms with E-state index in [9.17, 15) is 14.7 Å². The molecule has 0 aromatic carbocycles. The molecule has 0 radical (unpaired) electrons. The van der Waals surface area contributed by atoms with E-state index in [2.05, 4.69) is 5.32 Å². The summed E-state index contributed by atoms with van der Waals surface area (Å²) in [6.07, 6.45) is 3.44. The predicted molar refractivity (Wildman–Crippen MR) is 66.7 cm³/mol. The Morgan fingerprint density at radius 2 is 2.06 bits per heavy atom. The van der Waals surface area contributed by atoms with Crippen molar-refractivity contribution < 1.29 is 14.7 Å². The summed E-state index contributed by atoms with van der Waals surface area (Å²) < 4.78 is 1.67. The van der Waals surface area contributed by atoms with Gasteiger partial charge in [-0.3, -0.25) is 9.59 Å². The van der Waals surface area contributed by atoms with Crippen LogP contribution in [0.4, 0.5) is 0 Å². The number of nitrogens with one attached hydrogen (secondary N) is 1. The van der Waals surface area contributed by atoms with Crippen LogP contribution in [0.25, 0.3) is 5.52 Å². The number of fused-ring (bicyclic) bond motifs is 1. The largest absolute Gasteiger partial charge is 0.506 e. The molecule has 1 unspecified atom stereocenters. The molecule has 0 saturated heterocycles. The molecular formula is C13H14N2O3. The molecule has 0 fully saturated rings. The van der Waals surface area contributed by atoms with E-state index >= 15 is 0 Å². The van der Waals surface area contributed by atoms with Crippen LogP contribution in [-0.2, 0) is 4.79 Å². The van der Waals surface area contributed by atoms with Gasteiger partial charge < -0.3 is 14.8 Å². The van der Waals surface area contributed by atoms with Gasteiger partial charge in [0, 0.05) is 24.9 Å². The molecule has 5 nitrogen and oxygen atoms in total. The zero-order valence-corrected chi connectivity index (χ0v) is 10.2. The molecule has 2 aromatic rings. The zero-order valence-electron chi connectivity index (χ0n) is 10.2. The van der Waals surface area contributed by atoms with Crippen molar-refractivity contribution in [2.24, 2.45) is 0 Å². The number of aromatic nitrogens is 1. The highest BCUT2D eigenvalue weighted by molar-refractivity contribution is 6.07. The van der Waals surface area contributed by atoms with Crippen LogP contribution < -0.4 is 5.32 Å². The van der Waals surface area contributed by atoms with Crippen molar-refractivity contribution in [3.8, 4) is 5.75 Å². The molecule has 0 aliphatic rings. The SMILES string of the molecule is CC(=O)NC(C)C(=O)c1ccn2cccc(O)c12. The number of ketones is 1. The Labute approximate surface area is 104 Å². The van der Waals surface area contributed by atoms with Gasteiger partial charge in [0.15, 0.2) is 5.78 Å². The third-order valence-corrected chi connectivity index (χ3v) is 2.74. The Hall–Kier alpha value is -2.30. The van der Waals surface area contributed by atoms with Crippen LogP contribution in [-0.4, -0.2) is 27.2 Å². The molecule has 2 aromatic heterocycles. The Morgan fingerprint density at radius 3 is 2.72 bits per heavy atom. The molecule has 94 valence electrons. The fraction of sp³-hybridized carbons (Fsp3) is 0.231. The van der Waals surface area contributed by atoms with Crippen LogP contribution in [0, 0.1) is 0 Å². The quantitative estimate of drug-likeness (QED) is 0.803. The first-order valence-electron chi connectivity index (χ1n) is 5.60. The van der Waals surface area contributed by atoms with Crippen molar-refractivity contribution in [3.05, 3.63) is 36.2 Å². The summed E-state index contributed by atoms with van der Waals surface area (Å²) in [5.41, 5.74) is 0.856. The molecule has 1 atom stereocenters. The van der Waals surface area contributed by atoms with E-state index in [-0.39, 0.29) is 17.4 Å². The number of nitrogens with zero attached hydrogens (tertiary/aromatic N) is 1. The van der Waals surface area contributed by atoms with Crippen LogP contribution >= 0.6 is 0 Å². The van der Waals surface area contributed by atoms with Gasteiger partial charge in [0.05, 0.1) is 11.6 Å². The van der Waals surface area contributed by atoms with Gasteiger partial charge in [-0.25, -0.2) is 0 Å². The number of aromatic hydroxyl groups is 1. The van der Waals surface area contributed by atoms with Crippen LogP contribution in [0.3, 0.4) is 0 Å². The highest BCUT2D eigenvalue weighted by Gasteiger charge is 2.20. The first-order valence-corrected chi connectivity index (χ1v) is 5.60. The summed E-state index contributed by atoms with van der Waals surface area (Å²) in [7, 11) is 0. The summed E-state index contributed by atoms with van der Waals surface area (Å²) >= 11 is 0. The van der Waals surface area contributed by atoms with Crippen molar-refractivity contribution in [3.63, 3.8) is 0 Å². The van der Waals surface area contributed by atoms with Crippen molar-refractivity contribution in [1.82, 2.24) is 9.72 Å². The van der Waals surface area contributed by atoms with Crippen LogP contribution in [0.15, 0.2) is 30.6 Å². The van der Waals surface area contributed by atoms with Crippen LogP contribution in [0.2, 0.25) is 0 Å². The average Bonchev–Trinajstić information content (AvgIpc) is 2.72. The number of carbonyl (C=O) groups is 2. The summed E-state index contributed by atoms with van der Waals surface area (Å²) in [5.74, 6) is -0.446. The first kappa shape index (κ1) is 12.2. The minimum atomic E-state index is -0.617. The van der Waals surface area contributed by atoms with Gasteiger partial charge in [0.25, 0.3) is 0 Å². The van der Waals surface area contributed by atoms with E-state index < -0.39 is 6.04 Å². The number of carbonyl (C=O) groups excluding carboxylic acids is 2. The molecule has 0 spiro atoms. The highest BCUT2D eigenvalue weighted by atomic mass is 16.3. The highest BCUT2D eigenvalue weighted by Crippen LogP contribution is 2.23. The van der Waals surface area contributed by atoms with Gasteiger partial charge in [-0.2, -0.15) is 0 Å². The Balaban J connectivity index is 2.42. The fourth-order valence-corrected chi connectivity index (χ4v) is 1.95. The molecule has 2 N–H and O–H groups in total. The van der Waals surface area contributed by atoms with Gasteiger partial charge >= 0.3 is 0 Å². The number of rotatable bonds is 3. The van der Waals surface area contributed by atoms with Crippen LogP contribution in [0.1, 0.15) is 24.2 Å².